The van der Waals surface area contributed by atoms with Gasteiger partial charge in [0.25, 0.3) is 0 Å². The number of rotatable bonds is 5. The highest BCUT2D eigenvalue weighted by atomic mass is 16.3. The molecule has 0 fully saturated rings. The minimum atomic E-state index is -0.413. The Morgan fingerprint density at radius 3 is 1.56 bits per heavy atom. The number of hydrogen-bond acceptors (Lipinski definition) is 3. The molecule has 0 spiro atoms. The molecule has 0 bridgehead atoms. The number of hydrogen-bond donors (Lipinski definition) is 0. The van der Waals surface area contributed by atoms with E-state index in [-0.39, 0.29) is 59.1 Å². The van der Waals surface area contributed by atoms with E-state index < -0.39 is 12.1 Å². The van der Waals surface area contributed by atoms with Crippen LogP contribution in [0.25, 0.3) is 127 Å². The van der Waals surface area contributed by atoms with Gasteiger partial charge < -0.3 is 8.98 Å². The largest absolute Gasteiger partial charge is 0.455 e. The Bertz CT molecular complexity index is 4490. The van der Waals surface area contributed by atoms with Crippen molar-refractivity contribution in [2.45, 2.75) is 0 Å². The Hall–Kier alpha value is -8.74. The highest BCUT2D eigenvalue weighted by Gasteiger charge is 2.25. The standard InChI is InChI=1S/C58H35N5O/c1-8-27-47-36(17-1)37-18-2-9-28-48(37)61(47)53-33-16-24-43(45-26-15-25-44-42-23-7-14-34-54(42)64-57(44)45)56(53)46-35-55(62-49-29-10-3-19-38(49)39-20-4-11-30-50(39)62)60-58(59-46)63-51-31-12-5-21-40(51)41-22-6-13-32-52(41)63/h1-35H/i3D,5D,10D,12D,19D,21D,29D,31D. The summed E-state index contributed by atoms with van der Waals surface area (Å²) < 4.78 is 85.1. The van der Waals surface area contributed by atoms with Crippen LogP contribution in [0.3, 0.4) is 0 Å². The lowest BCUT2D eigenvalue weighted by Gasteiger charge is -2.20. The summed E-state index contributed by atoms with van der Waals surface area (Å²) in [6.45, 7) is 0. The quantitative estimate of drug-likeness (QED) is 0.174. The van der Waals surface area contributed by atoms with Crippen LogP contribution in [0.4, 0.5) is 0 Å². The fourth-order valence-electron chi connectivity index (χ4n) is 9.91. The molecule has 6 nitrogen and oxygen atoms in total. The van der Waals surface area contributed by atoms with Gasteiger partial charge in [0.2, 0.25) is 5.95 Å². The number of nitrogens with zero attached hydrogens (tertiary/aromatic N) is 5. The molecule has 0 unspecified atom stereocenters. The molecule has 0 aliphatic rings. The van der Waals surface area contributed by atoms with Gasteiger partial charge in [0.05, 0.1) is 55.4 Å². The highest BCUT2D eigenvalue weighted by molar-refractivity contribution is 6.14. The Balaban J connectivity index is 1.20. The van der Waals surface area contributed by atoms with Crippen molar-refractivity contribution in [2.75, 3.05) is 0 Å². The summed E-state index contributed by atoms with van der Waals surface area (Å²) in [6.07, 6.45) is 0. The van der Waals surface area contributed by atoms with Gasteiger partial charge in [0.1, 0.15) is 17.0 Å². The average Bonchev–Trinajstić information content (AvgIpc) is 4.17. The Kier molecular flexibility index (Phi) is 5.85. The van der Waals surface area contributed by atoms with E-state index in [4.69, 9.17) is 19.9 Å². The summed E-state index contributed by atoms with van der Waals surface area (Å²) in [5.41, 5.74) is 8.21. The van der Waals surface area contributed by atoms with Gasteiger partial charge in [0.15, 0.2) is 0 Å². The zero-order valence-corrected chi connectivity index (χ0v) is 33.7. The average molecular weight is 826 g/mol. The molecule has 5 heterocycles. The molecule has 64 heavy (non-hydrogen) atoms. The molecule has 9 aromatic carbocycles. The topological polar surface area (TPSA) is 53.7 Å². The lowest BCUT2D eigenvalue weighted by Crippen LogP contribution is -2.09. The van der Waals surface area contributed by atoms with Crippen molar-refractivity contribution in [3.8, 4) is 39.8 Å². The minimum absolute atomic E-state index is 0.0652. The van der Waals surface area contributed by atoms with E-state index in [0.29, 0.717) is 49.4 Å². The second kappa shape index (κ2) is 13.4. The molecule has 6 heteroatoms. The van der Waals surface area contributed by atoms with Crippen molar-refractivity contribution >= 4 is 87.4 Å². The maximum Gasteiger partial charge on any atom is 0.237 e. The smallest absolute Gasteiger partial charge is 0.237 e. The van der Waals surface area contributed by atoms with Crippen LogP contribution < -0.4 is 0 Å². The molecule has 5 aromatic heterocycles. The summed E-state index contributed by atoms with van der Waals surface area (Å²) in [4.78, 5) is 10.9. The van der Waals surface area contributed by atoms with Gasteiger partial charge in [-0.15, -0.1) is 0 Å². The summed E-state index contributed by atoms with van der Waals surface area (Å²) in [5.74, 6) is 0.318. The molecular weight excluding hydrogens is 783 g/mol. The molecule has 14 aromatic rings. The van der Waals surface area contributed by atoms with Gasteiger partial charge in [-0.2, -0.15) is 4.98 Å². The van der Waals surface area contributed by atoms with E-state index in [1.54, 1.807) is 9.13 Å². The van der Waals surface area contributed by atoms with Crippen LogP contribution in [0, 0.1) is 0 Å². The van der Waals surface area contributed by atoms with Gasteiger partial charge >= 0.3 is 0 Å². The van der Waals surface area contributed by atoms with E-state index in [1.807, 2.05) is 127 Å². The predicted octanol–water partition coefficient (Wildman–Crippen LogP) is 15.0. The van der Waals surface area contributed by atoms with Crippen LogP contribution in [0.1, 0.15) is 11.0 Å². The molecule has 0 N–H and O–H groups in total. The Morgan fingerprint density at radius 2 is 0.891 bits per heavy atom. The lowest BCUT2D eigenvalue weighted by atomic mass is 9.94. The van der Waals surface area contributed by atoms with Gasteiger partial charge in [-0.1, -0.05) is 158 Å². The normalized spacial score (nSPS) is 13.8. The Morgan fingerprint density at radius 1 is 0.391 bits per heavy atom. The molecular formula is C58H35N5O. The highest BCUT2D eigenvalue weighted by Crippen LogP contribution is 2.45. The number of benzene rings is 9. The zero-order valence-electron chi connectivity index (χ0n) is 41.7. The first-order chi connectivity index (χ1) is 35.1. The Labute approximate surface area is 377 Å². The van der Waals surface area contributed by atoms with E-state index in [1.165, 1.54) is 0 Å². The fourth-order valence-corrected chi connectivity index (χ4v) is 9.91. The van der Waals surface area contributed by atoms with Crippen molar-refractivity contribution < 1.29 is 15.4 Å². The van der Waals surface area contributed by atoms with Crippen molar-refractivity contribution in [1.29, 1.82) is 0 Å². The van der Waals surface area contributed by atoms with Crippen LogP contribution in [0.15, 0.2) is 217 Å². The molecule has 0 saturated heterocycles. The monoisotopic (exact) mass is 825 g/mol. The van der Waals surface area contributed by atoms with Crippen molar-refractivity contribution in [3.05, 3.63) is 212 Å². The van der Waals surface area contributed by atoms with Gasteiger partial charge in [-0.05, 0) is 54.0 Å². The molecule has 0 aliphatic carbocycles. The maximum atomic E-state index is 9.46. The maximum absolute atomic E-state index is 9.46. The number of fused-ring (bicyclic) bond motifs is 12. The third-order valence-electron chi connectivity index (χ3n) is 12.6. The predicted molar refractivity (Wildman–Crippen MR) is 263 cm³/mol. The summed E-state index contributed by atoms with van der Waals surface area (Å²) in [5, 5.41) is 5.79. The lowest BCUT2D eigenvalue weighted by molar-refractivity contribution is 0.670. The van der Waals surface area contributed by atoms with Crippen LogP contribution in [0.5, 0.6) is 0 Å². The van der Waals surface area contributed by atoms with Gasteiger partial charge in [-0.3, -0.25) is 9.13 Å². The second-order valence-electron chi connectivity index (χ2n) is 15.9. The van der Waals surface area contributed by atoms with Crippen molar-refractivity contribution in [1.82, 2.24) is 23.7 Å². The first kappa shape index (κ1) is 28.0. The van der Waals surface area contributed by atoms with Crippen molar-refractivity contribution in [3.63, 3.8) is 0 Å². The van der Waals surface area contributed by atoms with Crippen LogP contribution >= 0.6 is 0 Å². The van der Waals surface area contributed by atoms with Crippen LogP contribution in [0.2, 0.25) is 0 Å². The molecule has 0 atom stereocenters. The molecule has 298 valence electrons. The van der Waals surface area contributed by atoms with Crippen LogP contribution in [-0.2, 0) is 0 Å². The van der Waals surface area contributed by atoms with Crippen molar-refractivity contribution in [2.24, 2.45) is 0 Å². The summed E-state index contributed by atoms with van der Waals surface area (Å²) >= 11 is 0. The number of aromatic nitrogens is 5. The third kappa shape index (κ3) is 4.90. The van der Waals surface area contributed by atoms with E-state index in [2.05, 4.69) is 41.0 Å². The second-order valence-corrected chi connectivity index (χ2v) is 15.9. The molecule has 0 saturated carbocycles. The number of furan rings is 1. The minimum Gasteiger partial charge on any atom is -0.455 e. The third-order valence-corrected chi connectivity index (χ3v) is 12.6. The van der Waals surface area contributed by atoms with E-state index in [0.717, 1.165) is 55.0 Å². The first-order valence-electron chi connectivity index (χ1n) is 25.0. The molecule has 0 radical (unpaired) electrons. The van der Waals surface area contributed by atoms with Gasteiger partial charge in [-0.25, -0.2) is 4.98 Å². The SMILES string of the molecule is [2H]c1c([2H])c([2H])c2c(c1[2H])c1ccccc1n2-c1cc(-c2c(-c3cccc4c3oc3ccccc34)cccc2-n2c3ccccc3c3ccccc32)nc(-n2c3ccccc3c3c([2H])c([2H])c([2H])c([2H])c32)n1. The summed E-state index contributed by atoms with van der Waals surface area (Å²) in [7, 11) is 0. The molecule has 0 aliphatic heterocycles. The fraction of sp³-hybridized carbons (Fsp3) is 0. The molecule has 14 rings (SSSR count). The van der Waals surface area contributed by atoms with Gasteiger partial charge in [0, 0.05) is 60.3 Å². The zero-order chi connectivity index (χ0) is 48.8. The first-order valence-corrected chi connectivity index (χ1v) is 21.0. The number of para-hydroxylation sites is 8. The summed E-state index contributed by atoms with van der Waals surface area (Å²) in [6, 6.07) is 50.8. The van der Waals surface area contributed by atoms with E-state index in [9.17, 15) is 5.48 Å². The van der Waals surface area contributed by atoms with E-state index >= 15 is 0 Å². The van der Waals surface area contributed by atoms with Crippen LogP contribution in [-0.4, -0.2) is 23.7 Å². The molecule has 0 amide bonds.